The summed E-state index contributed by atoms with van der Waals surface area (Å²) in [5.41, 5.74) is 1.93. The molecule has 0 bridgehead atoms. The first kappa shape index (κ1) is 17.9. The van der Waals surface area contributed by atoms with Crippen molar-refractivity contribution in [3.8, 4) is 23.5 Å². The van der Waals surface area contributed by atoms with Crippen molar-refractivity contribution in [1.82, 2.24) is 0 Å². The van der Waals surface area contributed by atoms with Crippen molar-refractivity contribution in [2.75, 3.05) is 0 Å². The number of allylic oxidation sites excluding steroid dienone is 1. The largest absolute Gasteiger partial charge is 0.457 e. The van der Waals surface area contributed by atoms with E-state index in [0.717, 1.165) is 0 Å². The fourth-order valence-electron chi connectivity index (χ4n) is 2.44. The van der Waals surface area contributed by atoms with Gasteiger partial charge in [-0.3, -0.25) is 10.1 Å². The van der Waals surface area contributed by atoms with Gasteiger partial charge in [-0.2, -0.15) is 10.5 Å². The number of non-ortho nitro benzene ring substituents is 1. The summed E-state index contributed by atoms with van der Waals surface area (Å²) in [5, 5.41) is 29.3. The Bertz CT molecular complexity index is 1130. The van der Waals surface area contributed by atoms with E-state index in [9.17, 15) is 15.4 Å². The molecule has 0 saturated heterocycles. The molecule has 0 aliphatic rings. The van der Waals surface area contributed by atoms with E-state index in [1.807, 2.05) is 6.07 Å². The quantitative estimate of drug-likeness (QED) is 0.343. The molecular weight excluding hydrogens is 366 g/mol. The highest BCUT2D eigenvalue weighted by atomic mass is 35.5. The molecule has 3 aromatic rings. The Balaban J connectivity index is 1.93. The minimum absolute atomic E-state index is 0.108. The van der Waals surface area contributed by atoms with Crippen LogP contribution in [0.5, 0.6) is 0 Å². The molecule has 27 heavy (non-hydrogen) atoms. The molecule has 130 valence electrons. The van der Waals surface area contributed by atoms with E-state index < -0.39 is 4.92 Å². The number of nitro groups is 1. The molecule has 0 atom stereocenters. The lowest BCUT2D eigenvalue weighted by atomic mass is 10.0. The van der Waals surface area contributed by atoms with Crippen molar-refractivity contribution in [3.05, 3.63) is 86.6 Å². The van der Waals surface area contributed by atoms with Crippen LogP contribution in [0.4, 0.5) is 5.69 Å². The monoisotopic (exact) mass is 375 g/mol. The molecule has 0 aliphatic carbocycles. The summed E-state index contributed by atoms with van der Waals surface area (Å²) in [6, 6.07) is 18.2. The molecule has 0 fully saturated rings. The van der Waals surface area contributed by atoms with Crippen molar-refractivity contribution >= 4 is 28.9 Å². The number of benzene rings is 2. The lowest BCUT2D eigenvalue weighted by molar-refractivity contribution is -0.384. The van der Waals surface area contributed by atoms with Gasteiger partial charge in [-0.1, -0.05) is 23.7 Å². The summed E-state index contributed by atoms with van der Waals surface area (Å²) in [6.45, 7) is 0. The van der Waals surface area contributed by atoms with Crippen LogP contribution in [0.3, 0.4) is 0 Å². The molecule has 0 aliphatic heterocycles. The topological polar surface area (TPSA) is 104 Å². The second-order valence-corrected chi connectivity index (χ2v) is 5.89. The zero-order valence-corrected chi connectivity index (χ0v) is 14.5. The predicted octanol–water partition coefficient (Wildman–Crippen LogP) is 5.44. The molecular formula is C20H10ClN3O3. The third-order valence-electron chi connectivity index (χ3n) is 3.79. The van der Waals surface area contributed by atoms with Gasteiger partial charge in [0.25, 0.3) is 5.69 Å². The van der Waals surface area contributed by atoms with E-state index in [-0.39, 0.29) is 10.7 Å². The van der Waals surface area contributed by atoms with E-state index in [2.05, 4.69) is 6.07 Å². The minimum atomic E-state index is -0.525. The van der Waals surface area contributed by atoms with Crippen LogP contribution >= 0.6 is 11.6 Å². The van der Waals surface area contributed by atoms with Gasteiger partial charge in [0.2, 0.25) is 0 Å². The molecule has 0 spiro atoms. The van der Waals surface area contributed by atoms with Crippen LogP contribution in [0.25, 0.3) is 23.0 Å². The molecule has 0 unspecified atom stereocenters. The molecule has 0 amide bonds. The molecule has 2 aromatic carbocycles. The van der Waals surface area contributed by atoms with Gasteiger partial charge in [-0.15, -0.1) is 0 Å². The van der Waals surface area contributed by atoms with Crippen molar-refractivity contribution < 1.29 is 9.34 Å². The smallest absolute Gasteiger partial charge is 0.270 e. The second kappa shape index (κ2) is 7.57. The molecule has 0 N–H and O–H groups in total. The lowest BCUT2D eigenvalue weighted by Gasteiger charge is -2.01. The van der Waals surface area contributed by atoms with Crippen molar-refractivity contribution in [2.24, 2.45) is 0 Å². The summed E-state index contributed by atoms with van der Waals surface area (Å²) < 4.78 is 5.72. The maximum absolute atomic E-state index is 10.8. The van der Waals surface area contributed by atoms with Crippen molar-refractivity contribution in [3.63, 3.8) is 0 Å². The first-order valence-electron chi connectivity index (χ1n) is 7.68. The number of hydrogen-bond donors (Lipinski definition) is 0. The molecule has 6 nitrogen and oxygen atoms in total. The van der Waals surface area contributed by atoms with Crippen LogP contribution in [-0.2, 0) is 0 Å². The number of nitro benzene ring substituents is 1. The fourth-order valence-corrected chi connectivity index (χ4v) is 2.71. The van der Waals surface area contributed by atoms with E-state index in [1.165, 1.54) is 18.2 Å². The lowest BCUT2D eigenvalue weighted by Crippen LogP contribution is -1.88. The van der Waals surface area contributed by atoms with Gasteiger partial charge in [-0.25, -0.2) is 0 Å². The number of nitriles is 2. The average molecular weight is 376 g/mol. The first-order chi connectivity index (χ1) is 13.0. The predicted molar refractivity (Wildman–Crippen MR) is 100 cm³/mol. The van der Waals surface area contributed by atoms with E-state index >= 15 is 0 Å². The zero-order chi connectivity index (χ0) is 19.4. The van der Waals surface area contributed by atoms with Gasteiger partial charge >= 0.3 is 0 Å². The third-order valence-corrected chi connectivity index (χ3v) is 4.10. The Labute approximate surface area is 159 Å². The molecule has 1 heterocycles. The minimum Gasteiger partial charge on any atom is -0.457 e. The van der Waals surface area contributed by atoms with Crippen LogP contribution in [0.15, 0.2) is 59.0 Å². The summed E-state index contributed by atoms with van der Waals surface area (Å²) in [4.78, 5) is 10.3. The highest BCUT2D eigenvalue weighted by Gasteiger charge is 2.13. The van der Waals surface area contributed by atoms with Gasteiger partial charge in [0, 0.05) is 17.7 Å². The van der Waals surface area contributed by atoms with E-state index in [1.54, 1.807) is 42.5 Å². The summed E-state index contributed by atoms with van der Waals surface area (Å²) in [7, 11) is 0. The number of nitrogens with zero attached hydrogens (tertiary/aromatic N) is 3. The molecule has 0 radical (unpaired) electrons. The van der Waals surface area contributed by atoms with Gasteiger partial charge in [-0.05, 0) is 42.0 Å². The Hall–Kier alpha value is -3.87. The SMILES string of the molecule is N#C/C(=C/c1ccc(-c2ccc([N+](=O)[O-])cc2Cl)o1)c1ccc(C#N)cc1. The van der Waals surface area contributed by atoms with Crippen LogP contribution in [0, 0.1) is 32.8 Å². The van der Waals surface area contributed by atoms with E-state index in [0.29, 0.717) is 33.8 Å². The van der Waals surface area contributed by atoms with Crippen LogP contribution in [-0.4, -0.2) is 4.92 Å². The van der Waals surface area contributed by atoms with E-state index in [4.69, 9.17) is 21.3 Å². The number of furan rings is 1. The third kappa shape index (κ3) is 3.87. The Morgan fingerprint density at radius 1 is 1.11 bits per heavy atom. The summed E-state index contributed by atoms with van der Waals surface area (Å²) >= 11 is 6.12. The maximum Gasteiger partial charge on any atom is 0.270 e. The first-order valence-corrected chi connectivity index (χ1v) is 8.06. The standard InChI is InChI=1S/C20H10ClN3O3/c21-19-10-16(24(25)26)5-7-18(19)20-8-6-17(27-20)9-15(12-23)14-3-1-13(11-22)2-4-14/h1-10H/b15-9-. The Kier molecular flexibility index (Phi) is 5.03. The Morgan fingerprint density at radius 3 is 2.44 bits per heavy atom. The zero-order valence-electron chi connectivity index (χ0n) is 13.7. The normalized spacial score (nSPS) is 10.9. The van der Waals surface area contributed by atoms with Gasteiger partial charge < -0.3 is 4.42 Å². The van der Waals surface area contributed by atoms with Crippen LogP contribution < -0.4 is 0 Å². The van der Waals surface area contributed by atoms with Crippen LogP contribution in [0.2, 0.25) is 5.02 Å². The van der Waals surface area contributed by atoms with Gasteiger partial charge in [0.1, 0.15) is 11.5 Å². The second-order valence-electron chi connectivity index (χ2n) is 5.48. The highest BCUT2D eigenvalue weighted by molar-refractivity contribution is 6.33. The molecule has 7 heteroatoms. The van der Waals surface area contributed by atoms with Crippen LogP contribution in [0.1, 0.15) is 16.9 Å². The van der Waals surface area contributed by atoms with Crippen molar-refractivity contribution in [1.29, 1.82) is 10.5 Å². The molecule has 3 rings (SSSR count). The number of rotatable bonds is 4. The summed E-state index contributed by atoms with van der Waals surface area (Å²) in [5.74, 6) is 0.860. The van der Waals surface area contributed by atoms with Crippen molar-refractivity contribution in [2.45, 2.75) is 0 Å². The van der Waals surface area contributed by atoms with Gasteiger partial charge in [0.05, 0.1) is 33.2 Å². The number of hydrogen-bond acceptors (Lipinski definition) is 5. The molecule has 0 saturated carbocycles. The Morgan fingerprint density at radius 2 is 1.85 bits per heavy atom. The average Bonchev–Trinajstić information content (AvgIpc) is 3.14. The summed E-state index contributed by atoms with van der Waals surface area (Å²) in [6.07, 6.45) is 1.57. The number of halogens is 1. The highest BCUT2D eigenvalue weighted by Crippen LogP contribution is 2.33. The maximum atomic E-state index is 10.8. The fraction of sp³-hybridized carbons (Fsp3) is 0. The van der Waals surface area contributed by atoms with Gasteiger partial charge in [0.15, 0.2) is 0 Å². The molecule has 1 aromatic heterocycles.